The fraction of sp³-hybridized carbons (Fsp3) is 1.00. The van der Waals surface area contributed by atoms with Crippen LogP contribution >= 0.6 is 7.60 Å². The fourth-order valence-corrected chi connectivity index (χ4v) is 2.51. The number of hydrogen-bond acceptors (Lipinski definition) is 3. The van der Waals surface area contributed by atoms with E-state index in [1.165, 1.54) is 0 Å². The standard InChI is InChI=1S/C7H16NO3P/c8-4-1-5-11-12(9,10)6-7-2-3-7/h7H,1-6,8H2,(H,9,10). The van der Waals surface area contributed by atoms with Crippen LogP contribution in [0.2, 0.25) is 0 Å². The van der Waals surface area contributed by atoms with Crippen LogP contribution in [0.15, 0.2) is 0 Å². The van der Waals surface area contributed by atoms with E-state index in [2.05, 4.69) is 0 Å². The van der Waals surface area contributed by atoms with E-state index >= 15 is 0 Å². The Balaban J connectivity index is 2.13. The number of rotatable bonds is 6. The average molecular weight is 193 g/mol. The van der Waals surface area contributed by atoms with Crippen molar-refractivity contribution < 1.29 is 14.0 Å². The van der Waals surface area contributed by atoms with Crippen molar-refractivity contribution in [2.24, 2.45) is 11.7 Å². The second kappa shape index (κ2) is 4.38. The normalized spacial score (nSPS) is 22.2. The van der Waals surface area contributed by atoms with Gasteiger partial charge in [-0.25, -0.2) is 0 Å². The second-order valence-electron chi connectivity index (χ2n) is 3.24. The third-order valence-corrected chi connectivity index (χ3v) is 3.39. The summed E-state index contributed by atoms with van der Waals surface area (Å²) in [5.41, 5.74) is 5.22. The molecule has 0 aromatic carbocycles. The molecule has 1 aliphatic carbocycles. The molecule has 1 fully saturated rings. The van der Waals surface area contributed by atoms with Crippen LogP contribution < -0.4 is 5.73 Å². The van der Waals surface area contributed by atoms with Gasteiger partial charge in [0.15, 0.2) is 0 Å². The molecule has 0 saturated heterocycles. The van der Waals surface area contributed by atoms with Crippen molar-refractivity contribution in [1.29, 1.82) is 0 Å². The fourth-order valence-electron chi connectivity index (χ4n) is 0.970. The summed E-state index contributed by atoms with van der Waals surface area (Å²) in [4.78, 5) is 9.24. The zero-order valence-electron chi connectivity index (χ0n) is 7.11. The van der Waals surface area contributed by atoms with Gasteiger partial charge in [0, 0.05) is 0 Å². The molecule has 1 saturated carbocycles. The SMILES string of the molecule is NCCCOP(=O)(O)CC1CC1. The number of hydrogen-bond donors (Lipinski definition) is 2. The molecule has 0 aromatic heterocycles. The van der Waals surface area contributed by atoms with E-state index in [0.29, 0.717) is 31.7 Å². The van der Waals surface area contributed by atoms with E-state index < -0.39 is 7.60 Å². The van der Waals surface area contributed by atoms with E-state index in [-0.39, 0.29) is 0 Å². The van der Waals surface area contributed by atoms with Crippen LogP contribution in [0.3, 0.4) is 0 Å². The first kappa shape index (κ1) is 10.2. The van der Waals surface area contributed by atoms with Crippen molar-refractivity contribution in [3.05, 3.63) is 0 Å². The predicted octanol–water partition coefficient (Wildman–Crippen LogP) is 0.947. The molecule has 1 aliphatic rings. The Bertz CT molecular complexity index is 181. The van der Waals surface area contributed by atoms with Gasteiger partial charge in [0.25, 0.3) is 0 Å². The minimum absolute atomic E-state index is 0.303. The van der Waals surface area contributed by atoms with Gasteiger partial charge < -0.3 is 15.2 Å². The lowest BCUT2D eigenvalue weighted by molar-refractivity contribution is 0.256. The Morgan fingerprint density at radius 1 is 1.58 bits per heavy atom. The van der Waals surface area contributed by atoms with Gasteiger partial charge in [-0.3, -0.25) is 4.57 Å². The third kappa shape index (κ3) is 4.21. The van der Waals surface area contributed by atoms with Crippen molar-refractivity contribution in [3.8, 4) is 0 Å². The minimum Gasteiger partial charge on any atom is -0.330 e. The Hall–Kier alpha value is 0.110. The van der Waals surface area contributed by atoms with Crippen molar-refractivity contribution in [2.75, 3.05) is 19.3 Å². The van der Waals surface area contributed by atoms with Crippen LogP contribution in [0.4, 0.5) is 0 Å². The topological polar surface area (TPSA) is 72.5 Å². The summed E-state index contributed by atoms with van der Waals surface area (Å²) in [6, 6.07) is 0. The summed E-state index contributed by atoms with van der Waals surface area (Å²) in [6.07, 6.45) is 3.13. The van der Waals surface area contributed by atoms with E-state index in [1.54, 1.807) is 0 Å². The zero-order valence-corrected chi connectivity index (χ0v) is 8.00. The van der Waals surface area contributed by atoms with Crippen LogP contribution in [0.5, 0.6) is 0 Å². The van der Waals surface area contributed by atoms with Gasteiger partial charge in [0.05, 0.1) is 12.8 Å². The van der Waals surface area contributed by atoms with Crippen LogP contribution in [0, 0.1) is 5.92 Å². The monoisotopic (exact) mass is 193 g/mol. The molecule has 4 nitrogen and oxygen atoms in total. The molecule has 0 radical (unpaired) electrons. The lowest BCUT2D eigenvalue weighted by atomic mass is 10.5. The summed E-state index contributed by atoms with van der Waals surface area (Å²) in [5.74, 6) is 0.429. The van der Waals surface area contributed by atoms with Gasteiger partial charge in [-0.2, -0.15) is 0 Å². The largest absolute Gasteiger partial charge is 0.330 e. The Kier molecular flexibility index (Phi) is 3.72. The summed E-state index contributed by atoms with van der Waals surface area (Å²) in [6.45, 7) is 0.806. The zero-order chi connectivity index (χ0) is 9.03. The summed E-state index contributed by atoms with van der Waals surface area (Å²) in [5, 5.41) is 0. The molecular formula is C7H16NO3P. The second-order valence-corrected chi connectivity index (χ2v) is 5.14. The molecule has 0 aromatic rings. The van der Waals surface area contributed by atoms with E-state index in [1.807, 2.05) is 0 Å². The molecule has 0 aliphatic heterocycles. The first-order valence-electron chi connectivity index (χ1n) is 4.30. The maximum absolute atomic E-state index is 11.2. The minimum atomic E-state index is -3.27. The predicted molar refractivity (Wildman–Crippen MR) is 47.0 cm³/mol. The number of nitrogens with two attached hydrogens (primary N) is 1. The van der Waals surface area contributed by atoms with Crippen LogP contribution in [-0.4, -0.2) is 24.2 Å². The maximum atomic E-state index is 11.2. The van der Waals surface area contributed by atoms with Gasteiger partial charge in [-0.15, -0.1) is 0 Å². The molecule has 1 rings (SSSR count). The first-order chi connectivity index (χ1) is 5.64. The summed E-state index contributed by atoms with van der Waals surface area (Å²) >= 11 is 0. The van der Waals surface area contributed by atoms with Gasteiger partial charge in [0.2, 0.25) is 0 Å². The molecule has 12 heavy (non-hydrogen) atoms. The highest BCUT2D eigenvalue weighted by atomic mass is 31.2. The maximum Gasteiger partial charge on any atom is 0.328 e. The third-order valence-electron chi connectivity index (χ3n) is 1.83. The van der Waals surface area contributed by atoms with Crippen LogP contribution in [0.25, 0.3) is 0 Å². The Morgan fingerprint density at radius 3 is 2.75 bits per heavy atom. The van der Waals surface area contributed by atoms with E-state index in [9.17, 15) is 9.46 Å². The first-order valence-corrected chi connectivity index (χ1v) is 6.07. The summed E-state index contributed by atoms with van der Waals surface area (Å²) < 4.78 is 16.1. The van der Waals surface area contributed by atoms with Crippen molar-refractivity contribution in [2.45, 2.75) is 19.3 Å². The highest BCUT2D eigenvalue weighted by Crippen LogP contribution is 2.49. The van der Waals surface area contributed by atoms with Gasteiger partial charge in [-0.1, -0.05) is 0 Å². The Labute approximate surface area is 72.6 Å². The molecular weight excluding hydrogens is 177 g/mol. The molecule has 5 heteroatoms. The molecule has 0 heterocycles. The highest BCUT2D eigenvalue weighted by molar-refractivity contribution is 7.52. The van der Waals surface area contributed by atoms with Crippen molar-refractivity contribution in [3.63, 3.8) is 0 Å². The smallest absolute Gasteiger partial charge is 0.328 e. The molecule has 0 amide bonds. The average Bonchev–Trinajstić information content (AvgIpc) is 2.71. The molecule has 1 atom stereocenters. The van der Waals surface area contributed by atoms with Crippen molar-refractivity contribution >= 4 is 7.60 Å². The lowest BCUT2D eigenvalue weighted by Crippen LogP contribution is -2.04. The molecule has 3 N–H and O–H groups in total. The quantitative estimate of drug-likeness (QED) is 0.486. The highest BCUT2D eigenvalue weighted by Gasteiger charge is 2.31. The molecule has 72 valence electrons. The lowest BCUT2D eigenvalue weighted by Gasteiger charge is -2.10. The van der Waals surface area contributed by atoms with Crippen LogP contribution in [0.1, 0.15) is 19.3 Å². The van der Waals surface area contributed by atoms with E-state index in [4.69, 9.17) is 10.3 Å². The van der Waals surface area contributed by atoms with Crippen molar-refractivity contribution in [1.82, 2.24) is 0 Å². The molecule has 1 unspecified atom stereocenters. The molecule has 0 spiro atoms. The Morgan fingerprint density at radius 2 is 2.25 bits per heavy atom. The van der Waals surface area contributed by atoms with Crippen LogP contribution in [-0.2, 0) is 9.09 Å². The summed E-state index contributed by atoms with van der Waals surface area (Å²) in [7, 11) is -3.27. The van der Waals surface area contributed by atoms with E-state index in [0.717, 1.165) is 12.8 Å². The van der Waals surface area contributed by atoms with Gasteiger partial charge >= 0.3 is 7.60 Å². The molecule has 0 bridgehead atoms. The van der Waals surface area contributed by atoms with Gasteiger partial charge in [0.1, 0.15) is 0 Å². The van der Waals surface area contributed by atoms with Gasteiger partial charge in [-0.05, 0) is 31.7 Å².